The molecule has 0 unspecified atom stereocenters. The Morgan fingerprint density at radius 2 is 1.50 bits per heavy atom. The van der Waals surface area contributed by atoms with E-state index in [1.165, 1.54) is 24.3 Å². The molecule has 3 rings (SSSR count). The van der Waals surface area contributed by atoms with E-state index in [2.05, 4.69) is 15.4 Å². The molecule has 0 aromatic heterocycles. The molecule has 0 fully saturated rings. The van der Waals surface area contributed by atoms with E-state index in [-0.39, 0.29) is 36.6 Å². The van der Waals surface area contributed by atoms with Gasteiger partial charge in [0.15, 0.2) is 0 Å². The Bertz CT molecular complexity index is 933. The first-order chi connectivity index (χ1) is 14.5. The maximum absolute atomic E-state index is 13.0. The van der Waals surface area contributed by atoms with Crippen LogP contribution in [0.2, 0.25) is 0 Å². The molecule has 3 aromatic rings. The Labute approximate surface area is 172 Å². The predicted molar refractivity (Wildman–Crippen MR) is 108 cm³/mol. The van der Waals surface area contributed by atoms with Crippen molar-refractivity contribution in [3.63, 3.8) is 0 Å². The fourth-order valence-corrected chi connectivity index (χ4v) is 2.98. The fourth-order valence-electron chi connectivity index (χ4n) is 2.98. The highest BCUT2D eigenvalue weighted by atomic mass is 19.3. The van der Waals surface area contributed by atoms with Crippen LogP contribution >= 0.6 is 0 Å². The van der Waals surface area contributed by atoms with Crippen molar-refractivity contribution in [2.24, 2.45) is 0 Å². The largest absolute Gasteiger partial charge is 0.435 e. The number of hydrogen-bond acceptors (Lipinski definition) is 3. The first-order valence-corrected chi connectivity index (χ1v) is 9.35. The van der Waals surface area contributed by atoms with Crippen molar-refractivity contribution in [2.45, 2.75) is 19.2 Å². The second kappa shape index (κ2) is 10.5. The van der Waals surface area contributed by atoms with Gasteiger partial charge in [-0.05, 0) is 41.0 Å². The first-order valence-electron chi connectivity index (χ1n) is 9.35. The van der Waals surface area contributed by atoms with Gasteiger partial charge in [0, 0.05) is 6.54 Å². The lowest BCUT2D eigenvalue weighted by Gasteiger charge is -2.20. The van der Waals surface area contributed by atoms with Crippen LogP contribution in [0.1, 0.15) is 22.7 Å². The van der Waals surface area contributed by atoms with Gasteiger partial charge in [0.05, 0.1) is 12.6 Å². The van der Waals surface area contributed by atoms with Crippen LogP contribution < -0.4 is 15.4 Å². The molecule has 2 N–H and O–H groups in total. The van der Waals surface area contributed by atoms with Crippen molar-refractivity contribution < 1.29 is 22.7 Å². The minimum atomic E-state index is -2.89. The van der Waals surface area contributed by atoms with Gasteiger partial charge >= 0.3 is 6.61 Å². The van der Waals surface area contributed by atoms with Crippen molar-refractivity contribution in [3.05, 3.63) is 101 Å². The molecule has 3 aromatic carbocycles. The molecule has 0 heterocycles. The topological polar surface area (TPSA) is 50.4 Å². The number of nitrogens with one attached hydrogen (secondary N) is 2. The highest BCUT2D eigenvalue weighted by molar-refractivity contribution is 5.78. The molecule has 0 saturated carbocycles. The summed E-state index contributed by atoms with van der Waals surface area (Å²) >= 11 is 0. The summed E-state index contributed by atoms with van der Waals surface area (Å²) in [5.74, 6) is -0.488. The minimum absolute atomic E-state index is 0.0377. The fraction of sp³-hybridized carbons (Fsp3) is 0.174. The number of halogens is 3. The number of benzene rings is 3. The summed E-state index contributed by atoms with van der Waals surface area (Å²) in [6.07, 6.45) is 0. The summed E-state index contributed by atoms with van der Waals surface area (Å²) in [7, 11) is 0. The van der Waals surface area contributed by atoms with Gasteiger partial charge in [0.2, 0.25) is 5.91 Å². The molecule has 0 spiro atoms. The van der Waals surface area contributed by atoms with Crippen LogP contribution in [0.5, 0.6) is 5.75 Å². The molecule has 0 aliphatic heterocycles. The van der Waals surface area contributed by atoms with E-state index >= 15 is 0 Å². The lowest BCUT2D eigenvalue weighted by atomic mass is 9.98. The zero-order valence-electron chi connectivity index (χ0n) is 16.0. The van der Waals surface area contributed by atoms with Gasteiger partial charge in [0.1, 0.15) is 11.6 Å². The SMILES string of the molecule is O=C(CN[C@H](c1ccccc1)c1ccc(OC(F)F)cc1)NCc1ccc(F)cc1. The third-order valence-electron chi connectivity index (χ3n) is 4.44. The smallest absolute Gasteiger partial charge is 0.387 e. The first kappa shape index (κ1) is 21.4. The van der Waals surface area contributed by atoms with Gasteiger partial charge < -0.3 is 10.1 Å². The summed E-state index contributed by atoms with van der Waals surface area (Å²) in [4.78, 5) is 12.3. The molecule has 156 valence electrons. The second-order valence-electron chi connectivity index (χ2n) is 6.58. The second-order valence-corrected chi connectivity index (χ2v) is 6.58. The van der Waals surface area contributed by atoms with E-state index in [4.69, 9.17) is 0 Å². The lowest BCUT2D eigenvalue weighted by Crippen LogP contribution is -2.35. The quantitative estimate of drug-likeness (QED) is 0.545. The Kier molecular flexibility index (Phi) is 7.45. The van der Waals surface area contributed by atoms with E-state index in [9.17, 15) is 18.0 Å². The normalized spacial score (nSPS) is 11.9. The molecular formula is C23H21F3N2O2. The maximum atomic E-state index is 13.0. The molecule has 1 atom stereocenters. The standard InChI is InChI=1S/C23H21F3N2O2/c24-19-10-6-16(7-11-19)14-27-21(29)15-28-22(17-4-2-1-3-5-17)18-8-12-20(13-9-18)30-23(25)26/h1-13,22-23,28H,14-15H2,(H,27,29)/t22-/m1/s1. The lowest BCUT2D eigenvalue weighted by molar-refractivity contribution is -0.120. The molecule has 4 nitrogen and oxygen atoms in total. The summed E-state index contributed by atoms with van der Waals surface area (Å²) < 4.78 is 42.1. The molecule has 7 heteroatoms. The third-order valence-corrected chi connectivity index (χ3v) is 4.44. The highest BCUT2D eigenvalue weighted by Crippen LogP contribution is 2.24. The van der Waals surface area contributed by atoms with Crippen LogP contribution in [0.4, 0.5) is 13.2 Å². The highest BCUT2D eigenvalue weighted by Gasteiger charge is 2.15. The van der Waals surface area contributed by atoms with Gasteiger partial charge in [-0.1, -0.05) is 54.6 Å². The molecule has 30 heavy (non-hydrogen) atoms. The summed E-state index contributed by atoms with van der Waals surface area (Å²) in [5, 5.41) is 5.98. The predicted octanol–water partition coefficient (Wildman–Crippen LogP) is 4.42. The number of hydrogen-bond donors (Lipinski definition) is 2. The number of ether oxygens (including phenoxy) is 1. The van der Waals surface area contributed by atoms with Crippen molar-refractivity contribution in [3.8, 4) is 5.75 Å². The average molecular weight is 414 g/mol. The molecule has 0 aliphatic rings. The van der Waals surface area contributed by atoms with Crippen molar-refractivity contribution in [2.75, 3.05) is 6.54 Å². The van der Waals surface area contributed by atoms with Gasteiger partial charge in [-0.15, -0.1) is 0 Å². The number of alkyl halides is 2. The van der Waals surface area contributed by atoms with E-state index in [0.717, 1.165) is 16.7 Å². The van der Waals surface area contributed by atoms with E-state index in [1.54, 1.807) is 24.3 Å². The zero-order chi connectivity index (χ0) is 21.3. The van der Waals surface area contributed by atoms with Crippen LogP contribution in [-0.4, -0.2) is 19.1 Å². The summed E-state index contributed by atoms with van der Waals surface area (Å²) in [6, 6.07) is 21.4. The van der Waals surface area contributed by atoms with Crippen molar-refractivity contribution >= 4 is 5.91 Å². The number of carbonyl (C=O) groups excluding carboxylic acids is 1. The minimum Gasteiger partial charge on any atom is -0.435 e. The molecule has 0 aliphatic carbocycles. The van der Waals surface area contributed by atoms with E-state index in [1.807, 2.05) is 30.3 Å². The van der Waals surface area contributed by atoms with E-state index in [0.29, 0.717) is 0 Å². The Morgan fingerprint density at radius 3 is 2.13 bits per heavy atom. The molecule has 0 bridgehead atoms. The maximum Gasteiger partial charge on any atom is 0.387 e. The number of amides is 1. The Balaban J connectivity index is 1.64. The van der Waals surface area contributed by atoms with Gasteiger partial charge in [-0.3, -0.25) is 10.1 Å². The van der Waals surface area contributed by atoms with Crippen LogP contribution in [0.15, 0.2) is 78.9 Å². The number of rotatable bonds is 9. The summed E-state index contributed by atoms with van der Waals surface area (Å²) in [6.45, 7) is -2.56. The van der Waals surface area contributed by atoms with Gasteiger partial charge in [-0.2, -0.15) is 8.78 Å². The molecular weight excluding hydrogens is 393 g/mol. The van der Waals surface area contributed by atoms with Crippen LogP contribution in [0.25, 0.3) is 0 Å². The molecule has 0 radical (unpaired) electrons. The van der Waals surface area contributed by atoms with Crippen LogP contribution in [-0.2, 0) is 11.3 Å². The molecule has 1 amide bonds. The van der Waals surface area contributed by atoms with Crippen LogP contribution in [0.3, 0.4) is 0 Å². The monoisotopic (exact) mass is 414 g/mol. The summed E-state index contributed by atoms with van der Waals surface area (Å²) in [5.41, 5.74) is 2.51. The Morgan fingerprint density at radius 1 is 0.867 bits per heavy atom. The zero-order valence-corrected chi connectivity index (χ0v) is 16.0. The van der Waals surface area contributed by atoms with Gasteiger partial charge in [-0.25, -0.2) is 4.39 Å². The van der Waals surface area contributed by atoms with Gasteiger partial charge in [0.25, 0.3) is 0 Å². The van der Waals surface area contributed by atoms with Crippen molar-refractivity contribution in [1.29, 1.82) is 0 Å². The average Bonchev–Trinajstić information content (AvgIpc) is 2.75. The van der Waals surface area contributed by atoms with Crippen LogP contribution in [0, 0.1) is 5.82 Å². The molecule has 0 saturated heterocycles. The Hall–Kier alpha value is -3.32. The third kappa shape index (κ3) is 6.35. The number of carbonyl (C=O) groups is 1. The van der Waals surface area contributed by atoms with Crippen molar-refractivity contribution in [1.82, 2.24) is 10.6 Å². The van der Waals surface area contributed by atoms with E-state index < -0.39 is 6.61 Å².